The van der Waals surface area contributed by atoms with Crippen LogP contribution in [0.1, 0.15) is 73.9 Å². The molecule has 3 aromatic rings. The highest BCUT2D eigenvalue weighted by Crippen LogP contribution is 2.32. The van der Waals surface area contributed by atoms with Gasteiger partial charge in [-0.3, -0.25) is 24.3 Å². The third-order valence-corrected chi connectivity index (χ3v) is 6.79. The fourth-order valence-electron chi connectivity index (χ4n) is 4.96. The molecule has 34 heavy (non-hydrogen) atoms. The minimum Gasteiger partial charge on any atom is -0.332 e. The van der Waals surface area contributed by atoms with Gasteiger partial charge in [-0.05, 0) is 60.7 Å². The van der Waals surface area contributed by atoms with E-state index in [1.807, 2.05) is 47.4 Å². The zero-order valence-electron chi connectivity index (χ0n) is 19.0. The molecule has 0 N–H and O–H groups in total. The number of carbonyl (C=O) groups excluding carboxylic acids is 3. The zero-order valence-corrected chi connectivity index (χ0v) is 19.0. The molecule has 3 heterocycles. The van der Waals surface area contributed by atoms with E-state index in [1.54, 1.807) is 30.6 Å². The molecule has 1 atom stereocenters. The summed E-state index contributed by atoms with van der Waals surface area (Å²) >= 11 is 0. The summed E-state index contributed by atoms with van der Waals surface area (Å²) in [6.45, 7) is 0.981. The molecular formula is C28H27N3O3. The fourth-order valence-corrected chi connectivity index (χ4v) is 4.96. The lowest BCUT2D eigenvalue weighted by atomic mass is 10.00. The van der Waals surface area contributed by atoms with E-state index in [0.29, 0.717) is 36.2 Å². The predicted molar refractivity (Wildman–Crippen MR) is 128 cm³/mol. The van der Waals surface area contributed by atoms with Crippen LogP contribution in [0.2, 0.25) is 0 Å². The molecule has 2 aliphatic rings. The molecule has 0 radical (unpaired) electrons. The van der Waals surface area contributed by atoms with E-state index in [1.165, 1.54) is 4.90 Å². The largest absolute Gasteiger partial charge is 0.332 e. The highest BCUT2D eigenvalue weighted by Gasteiger charge is 2.36. The van der Waals surface area contributed by atoms with Crippen molar-refractivity contribution in [2.75, 3.05) is 13.1 Å². The van der Waals surface area contributed by atoms with Gasteiger partial charge < -0.3 is 4.90 Å². The molecule has 0 aliphatic carbocycles. The molecule has 1 fully saturated rings. The highest BCUT2D eigenvalue weighted by molar-refractivity contribution is 6.22. The van der Waals surface area contributed by atoms with Crippen molar-refractivity contribution in [3.63, 3.8) is 0 Å². The lowest BCUT2D eigenvalue weighted by molar-refractivity contribution is 0.0654. The maximum Gasteiger partial charge on any atom is 0.261 e. The number of benzene rings is 2. The van der Waals surface area contributed by atoms with Crippen molar-refractivity contribution < 1.29 is 14.4 Å². The van der Waals surface area contributed by atoms with Gasteiger partial charge >= 0.3 is 0 Å². The van der Waals surface area contributed by atoms with Crippen molar-refractivity contribution in [1.29, 1.82) is 0 Å². The van der Waals surface area contributed by atoms with Crippen LogP contribution in [0.25, 0.3) is 0 Å². The number of fused-ring (bicyclic) bond motifs is 1. The van der Waals surface area contributed by atoms with Gasteiger partial charge in [0.2, 0.25) is 0 Å². The molecule has 0 bridgehead atoms. The standard InChI is InChI=1S/C28H27N3O3/c32-26(30-17-6-2-5-9-25(30)21-12-15-29-16-13-21)22-10-11-23-24(19-22)28(34)31(27(23)33)18-14-20-7-3-1-4-8-20/h1,3-4,7-8,10-13,15-16,19,25H,2,5-6,9,14,17-18H2. The molecule has 0 saturated carbocycles. The van der Waals surface area contributed by atoms with Crippen molar-refractivity contribution in [2.24, 2.45) is 0 Å². The third kappa shape index (κ3) is 4.23. The van der Waals surface area contributed by atoms with Crippen LogP contribution in [0, 0.1) is 0 Å². The van der Waals surface area contributed by atoms with E-state index in [9.17, 15) is 14.4 Å². The topological polar surface area (TPSA) is 70.6 Å². The Labute approximate surface area is 199 Å². The minimum absolute atomic E-state index is 0.0223. The van der Waals surface area contributed by atoms with Gasteiger partial charge in [0.25, 0.3) is 17.7 Å². The van der Waals surface area contributed by atoms with Crippen molar-refractivity contribution in [1.82, 2.24) is 14.8 Å². The van der Waals surface area contributed by atoms with Gasteiger partial charge in [0.15, 0.2) is 0 Å². The number of hydrogen-bond acceptors (Lipinski definition) is 4. The Morgan fingerprint density at radius 1 is 0.882 bits per heavy atom. The first-order valence-corrected chi connectivity index (χ1v) is 11.9. The molecule has 6 heteroatoms. The summed E-state index contributed by atoms with van der Waals surface area (Å²) in [5.41, 5.74) is 3.28. The van der Waals surface area contributed by atoms with Crippen LogP contribution in [-0.2, 0) is 6.42 Å². The molecule has 6 nitrogen and oxygen atoms in total. The number of nitrogens with zero attached hydrogens (tertiary/aromatic N) is 3. The first-order valence-electron chi connectivity index (χ1n) is 11.9. The summed E-state index contributed by atoms with van der Waals surface area (Å²) < 4.78 is 0. The Balaban J connectivity index is 1.38. The highest BCUT2D eigenvalue weighted by atomic mass is 16.2. The molecule has 5 rings (SSSR count). The maximum atomic E-state index is 13.6. The second kappa shape index (κ2) is 9.59. The van der Waals surface area contributed by atoms with Crippen LogP contribution in [0.5, 0.6) is 0 Å². The van der Waals surface area contributed by atoms with Crippen LogP contribution >= 0.6 is 0 Å². The lowest BCUT2D eigenvalue weighted by Crippen LogP contribution is -2.35. The van der Waals surface area contributed by atoms with Gasteiger partial charge in [-0.15, -0.1) is 0 Å². The van der Waals surface area contributed by atoms with Gasteiger partial charge in [0, 0.05) is 31.0 Å². The van der Waals surface area contributed by atoms with E-state index in [2.05, 4.69) is 4.98 Å². The maximum absolute atomic E-state index is 13.6. The van der Waals surface area contributed by atoms with Crippen molar-refractivity contribution in [3.05, 3.63) is 101 Å². The van der Waals surface area contributed by atoms with Crippen LogP contribution in [0.4, 0.5) is 0 Å². The quantitative estimate of drug-likeness (QED) is 0.526. The summed E-state index contributed by atoms with van der Waals surface area (Å²) in [6.07, 6.45) is 8.09. The van der Waals surface area contributed by atoms with Gasteiger partial charge in [-0.1, -0.05) is 43.2 Å². The lowest BCUT2D eigenvalue weighted by Gasteiger charge is -2.30. The molecule has 2 aliphatic heterocycles. The number of hydrogen-bond donors (Lipinski definition) is 0. The fraction of sp³-hybridized carbons (Fsp3) is 0.286. The molecule has 1 saturated heterocycles. The second-order valence-electron chi connectivity index (χ2n) is 8.90. The number of likely N-dealkylation sites (tertiary alicyclic amines) is 1. The number of amides is 3. The molecule has 0 spiro atoms. The predicted octanol–water partition coefficient (Wildman–Crippen LogP) is 4.68. The molecule has 1 unspecified atom stereocenters. The number of imide groups is 1. The Kier molecular flexibility index (Phi) is 6.21. The number of aromatic nitrogens is 1. The van der Waals surface area contributed by atoms with Crippen LogP contribution < -0.4 is 0 Å². The SMILES string of the molecule is O=C1c2ccc(C(=O)N3CCCCCC3c3ccncc3)cc2C(=O)N1CCc1ccccc1. The van der Waals surface area contributed by atoms with Crippen molar-refractivity contribution in [3.8, 4) is 0 Å². The summed E-state index contributed by atoms with van der Waals surface area (Å²) in [6, 6.07) is 18.6. The molecular weight excluding hydrogens is 426 g/mol. The first-order chi connectivity index (χ1) is 16.6. The van der Waals surface area contributed by atoms with Crippen molar-refractivity contribution in [2.45, 2.75) is 38.1 Å². The van der Waals surface area contributed by atoms with Gasteiger partial charge in [0.1, 0.15) is 0 Å². The summed E-state index contributed by atoms with van der Waals surface area (Å²) in [7, 11) is 0. The monoisotopic (exact) mass is 453 g/mol. The van der Waals surface area contributed by atoms with Crippen LogP contribution in [0.15, 0.2) is 73.1 Å². The Morgan fingerprint density at radius 3 is 2.44 bits per heavy atom. The Bertz CT molecular complexity index is 1210. The number of rotatable bonds is 5. The number of carbonyl (C=O) groups is 3. The second-order valence-corrected chi connectivity index (χ2v) is 8.90. The van der Waals surface area contributed by atoms with Crippen LogP contribution in [0.3, 0.4) is 0 Å². The Morgan fingerprint density at radius 2 is 1.65 bits per heavy atom. The van der Waals surface area contributed by atoms with Gasteiger partial charge in [-0.2, -0.15) is 0 Å². The smallest absolute Gasteiger partial charge is 0.261 e. The average molecular weight is 454 g/mol. The molecule has 2 aromatic carbocycles. The third-order valence-electron chi connectivity index (χ3n) is 6.79. The number of pyridine rings is 1. The normalized spacial score (nSPS) is 18.1. The molecule has 1 aromatic heterocycles. The average Bonchev–Trinajstić information content (AvgIpc) is 3.04. The van der Waals surface area contributed by atoms with Crippen molar-refractivity contribution >= 4 is 17.7 Å². The summed E-state index contributed by atoms with van der Waals surface area (Å²) in [5.74, 6) is -0.721. The van der Waals surface area contributed by atoms with Gasteiger partial charge in [0.05, 0.1) is 17.2 Å². The van der Waals surface area contributed by atoms with E-state index >= 15 is 0 Å². The summed E-state index contributed by atoms with van der Waals surface area (Å²) in [4.78, 5) is 46.9. The van der Waals surface area contributed by atoms with E-state index in [-0.39, 0.29) is 23.8 Å². The molecule has 3 amide bonds. The van der Waals surface area contributed by atoms with E-state index < -0.39 is 0 Å². The molecule has 172 valence electrons. The zero-order chi connectivity index (χ0) is 23.5. The van der Waals surface area contributed by atoms with E-state index in [4.69, 9.17) is 0 Å². The minimum atomic E-state index is -0.327. The van der Waals surface area contributed by atoms with Crippen LogP contribution in [-0.4, -0.2) is 45.6 Å². The van der Waals surface area contributed by atoms with Gasteiger partial charge in [-0.25, -0.2) is 0 Å². The Hall–Kier alpha value is -3.80. The first kappa shape index (κ1) is 22.0. The van der Waals surface area contributed by atoms with E-state index in [0.717, 1.165) is 36.8 Å². The summed E-state index contributed by atoms with van der Waals surface area (Å²) in [5, 5.41) is 0.